The zero-order valence-corrected chi connectivity index (χ0v) is 17.8. The summed E-state index contributed by atoms with van der Waals surface area (Å²) < 4.78 is 8.18. The maximum absolute atomic E-state index is 13.3. The molecule has 2 heterocycles. The molecule has 0 radical (unpaired) electrons. The van der Waals surface area contributed by atoms with Gasteiger partial charge in [-0.3, -0.25) is 9.48 Å². The van der Waals surface area contributed by atoms with Gasteiger partial charge in [-0.1, -0.05) is 18.2 Å². The number of para-hydroxylation sites is 1. The van der Waals surface area contributed by atoms with Crippen molar-refractivity contribution >= 4 is 16.8 Å². The minimum Gasteiger partial charge on any atom is -0.376 e. The number of aromatic nitrogens is 2. The zero-order chi connectivity index (χ0) is 20.1. The fourth-order valence-corrected chi connectivity index (χ4v) is 5.34. The van der Waals surface area contributed by atoms with Gasteiger partial charge in [-0.05, 0) is 63.6 Å². The predicted octanol–water partition coefficient (Wildman–Crippen LogP) is 2.78. The zero-order valence-electron chi connectivity index (χ0n) is 17.8. The normalized spacial score (nSPS) is 29.6. The van der Waals surface area contributed by atoms with E-state index in [1.54, 1.807) is 0 Å². The van der Waals surface area contributed by atoms with E-state index in [0.29, 0.717) is 23.6 Å². The summed E-state index contributed by atoms with van der Waals surface area (Å²) >= 11 is 0. The Kier molecular flexibility index (Phi) is 4.87. The first-order valence-electron chi connectivity index (χ1n) is 11.0. The van der Waals surface area contributed by atoms with E-state index >= 15 is 0 Å². The number of aryl methyl sites for hydroxylation is 1. The minimum atomic E-state index is 0.0769. The van der Waals surface area contributed by atoms with Gasteiger partial charge in [-0.25, -0.2) is 0 Å². The van der Waals surface area contributed by atoms with Crippen LogP contribution < -0.4 is 0 Å². The largest absolute Gasteiger partial charge is 0.376 e. The molecule has 3 aliphatic rings. The SMILES string of the molecule is CN(C)[C@@H]1C[C@@H]2CN(C(=O)c3nn(C)c4ccccc34)C[C@@H]2C[C@H]1OCC1CC1. The Morgan fingerprint density at radius 2 is 1.90 bits per heavy atom. The van der Waals surface area contributed by atoms with E-state index in [1.165, 1.54) is 12.8 Å². The average Bonchev–Trinajstić information content (AvgIpc) is 3.36. The number of amides is 1. The Balaban J connectivity index is 1.32. The van der Waals surface area contributed by atoms with E-state index in [-0.39, 0.29) is 12.0 Å². The third kappa shape index (κ3) is 3.57. The first-order valence-corrected chi connectivity index (χ1v) is 11.0. The van der Waals surface area contributed by atoms with Crippen LogP contribution >= 0.6 is 0 Å². The van der Waals surface area contributed by atoms with E-state index in [4.69, 9.17) is 4.74 Å². The second-order valence-electron chi connectivity index (χ2n) is 9.54. The number of benzene rings is 1. The second kappa shape index (κ2) is 7.40. The van der Waals surface area contributed by atoms with Crippen LogP contribution in [0.1, 0.15) is 36.2 Å². The monoisotopic (exact) mass is 396 g/mol. The van der Waals surface area contributed by atoms with Gasteiger partial charge in [0.05, 0.1) is 11.6 Å². The Labute approximate surface area is 172 Å². The number of likely N-dealkylation sites (tertiary alicyclic amines) is 1. The molecular formula is C23H32N4O2. The van der Waals surface area contributed by atoms with Crippen LogP contribution in [0, 0.1) is 17.8 Å². The summed E-state index contributed by atoms with van der Waals surface area (Å²) in [4.78, 5) is 17.7. The van der Waals surface area contributed by atoms with Crippen molar-refractivity contribution in [1.82, 2.24) is 19.6 Å². The van der Waals surface area contributed by atoms with Crippen molar-refractivity contribution in [3.63, 3.8) is 0 Å². The molecule has 0 N–H and O–H groups in total. The van der Waals surface area contributed by atoms with Crippen molar-refractivity contribution in [1.29, 1.82) is 0 Å². The van der Waals surface area contributed by atoms with E-state index in [0.717, 1.165) is 49.4 Å². The fourth-order valence-electron chi connectivity index (χ4n) is 5.34. The van der Waals surface area contributed by atoms with Crippen LogP contribution in [0.15, 0.2) is 24.3 Å². The Hall–Kier alpha value is -1.92. The molecule has 1 saturated heterocycles. The van der Waals surface area contributed by atoms with Gasteiger partial charge in [-0.15, -0.1) is 0 Å². The summed E-state index contributed by atoms with van der Waals surface area (Å²) in [7, 11) is 6.24. The molecule has 2 saturated carbocycles. The summed E-state index contributed by atoms with van der Waals surface area (Å²) in [5.41, 5.74) is 1.60. The van der Waals surface area contributed by atoms with Crippen molar-refractivity contribution in [2.24, 2.45) is 24.8 Å². The summed E-state index contributed by atoms with van der Waals surface area (Å²) in [5.74, 6) is 1.96. The van der Waals surface area contributed by atoms with Crippen molar-refractivity contribution in [3.05, 3.63) is 30.0 Å². The molecule has 6 heteroatoms. The van der Waals surface area contributed by atoms with Crippen LogP contribution in [-0.2, 0) is 11.8 Å². The summed E-state index contributed by atoms with van der Waals surface area (Å²) in [6.07, 6.45) is 5.11. The first kappa shape index (κ1) is 19.1. The number of hydrogen-bond donors (Lipinski definition) is 0. The lowest BCUT2D eigenvalue weighted by Crippen LogP contribution is -2.48. The van der Waals surface area contributed by atoms with Crippen molar-refractivity contribution in [2.45, 2.75) is 37.8 Å². The highest BCUT2D eigenvalue weighted by Gasteiger charge is 2.45. The summed E-state index contributed by atoms with van der Waals surface area (Å²) in [6.45, 7) is 2.58. The summed E-state index contributed by atoms with van der Waals surface area (Å²) in [5, 5.41) is 5.51. The molecule has 5 rings (SSSR count). The molecular weight excluding hydrogens is 364 g/mol. The molecule has 2 aromatic rings. The lowest BCUT2D eigenvalue weighted by Gasteiger charge is -2.41. The van der Waals surface area contributed by atoms with Crippen molar-refractivity contribution in [3.8, 4) is 0 Å². The molecule has 0 unspecified atom stereocenters. The smallest absolute Gasteiger partial charge is 0.275 e. The molecule has 2 aliphatic carbocycles. The van der Waals surface area contributed by atoms with Crippen molar-refractivity contribution in [2.75, 3.05) is 33.8 Å². The Bertz CT molecular complexity index is 903. The third-order valence-corrected chi connectivity index (χ3v) is 7.24. The van der Waals surface area contributed by atoms with Gasteiger partial charge in [0.25, 0.3) is 5.91 Å². The van der Waals surface area contributed by atoms with Crippen LogP contribution in [-0.4, -0.2) is 71.4 Å². The highest BCUT2D eigenvalue weighted by Crippen LogP contribution is 2.40. The molecule has 4 atom stereocenters. The van der Waals surface area contributed by atoms with E-state index < -0.39 is 0 Å². The van der Waals surface area contributed by atoms with Gasteiger partial charge in [0.15, 0.2) is 5.69 Å². The topological polar surface area (TPSA) is 50.6 Å². The molecule has 3 fully saturated rings. The lowest BCUT2D eigenvalue weighted by molar-refractivity contribution is -0.0493. The Morgan fingerprint density at radius 3 is 2.62 bits per heavy atom. The van der Waals surface area contributed by atoms with Gasteiger partial charge in [-0.2, -0.15) is 5.10 Å². The van der Waals surface area contributed by atoms with E-state index in [2.05, 4.69) is 24.1 Å². The number of carbonyl (C=O) groups is 1. The van der Waals surface area contributed by atoms with Gasteiger partial charge < -0.3 is 14.5 Å². The predicted molar refractivity (Wildman–Crippen MR) is 113 cm³/mol. The van der Waals surface area contributed by atoms with Gasteiger partial charge in [0.2, 0.25) is 0 Å². The highest BCUT2D eigenvalue weighted by molar-refractivity contribution is 6.04. The number of fused-ring (bicyclic) bond motifs is 2. The van der Waals surface area contributed by atoms with Crippen LogP contribution in [0.25, 0.3) is 10.9 Å². The summed E-state index contributed by atoms with van der Waals surface area (Å²) in [6, 6.07) is 8.44. The number of hydrogen-bond acceptors (Lipinski definition) is 4. The molecule has 1 aromatic carbocycles. The molecule has 6 nitrogen and oxygen atoms in total. The number of ether oxygens (including phenoxy) is 1. The minimum absolute atomic E-state index is 0.0769. The molecule has 0 spiro atoms. The quantitative estimate of drug-likeness (QED) is 0.780. The van der Waals surface area contributed by atoms with Crippen molar-refractivity contribution < 1.29 is 9.53 Å². The second-order valence-corrected chi connectivity index (χ2v) is 9.54. The molecule has 0 bridgehead atoms. The molecule has 156 valence electrons. The number of nitrogens with zero attached hydrogens (tertiary/aromatic N) is 4. The lowest BCUT2D eigenvalue weighted by atomic mass is 9.77. The Morgan fingerprint density at radius 1 is 1.17 bits per heavy atom. The fraction of sp³-hybridized carbons (Fsp3) is 0.652. The molecule has 1 aromatic heterocycles. The maximum atomic E-state index is 13.3. The van der Waals surface area contributed by atoms with Crippen LogP contribution in [0.3, 0.4) is 0 Å². The standard InChI is InChI=1S/C23H32N4O2/c1-25(2)20-10-16-12-27(13-17(16)11-21(20)29-14-15-8-9-15)23(28)22-18-6-4-5-7-19(18)26(3)24-22/h4-7,15-17,20-21H,8-14H2,1-3H3/t16-,17+,20-,21-/m1/s1. The number of rotatable bonds is 5. The van der Waals surface area contributed by atoms with Crippen LogP contribution in [0.2, 0.25) is 0 Å². The third-order valence-electron chi connectivity index (χ3n) is 7.24. The van der Waals surface area contributed by atoms with Gasteiger partial charge in [0.1, 0.15) is 0 Å². The first-order chi connectivity index (χ1) is 14.0. The van der Waals surface area contributed by atoms with E-state index in [9.17, 15) is 4.79 Å². The van der Waals surface area contributed by atoms with E-state index in [1.807, 2.05) is 40.9 Å². The van der Waals surface area contributed by atoms with Gasteiger partial charge in [0, 0.05) is 38.2 Å². The van der Waals surface area contributed by atoms with Gasteiger partial charge >= 0.3 is 0 Å². The van der Waals surface area contributed by atoms with Crippen LogP contribution in [0.5, 0.6) is 0 Å². The van der Waals surface area contributed by atoms with Crippen LogP contribution in [0.4, 0.5) is 0 Å². The molecule has 1 amide bonds. The molecule has 1 aliphatic heterocycles. The molecule has 29 heavy (non-hydrogen) atoms. The number of likely N-dealkylation sites (N-methyl/N-ethyl adjacent to an activating group) is 1. The highest BCUT2D eigenvalue weighted by atomic mass is 16.5. The number of carbonyl (C=O) groups excluding carboxylic acids is 1. The average molecular weight is 397 g/mol. The maximum Gasteiger partial charge on any atom is 0.275 e.